The Bertz CT molecular complexity index is 1000. The van der Waals surface area contributed by atoms with Crippen molar-refractivity contribution in [2.24, 2.45) is 0 Å². The van der Waals surface area contributed by atoms with E-state index in [9.17, 15) is 19.7 Å². The molecule has 33 heavy (non-hydrogen) atoms. The molecular weight excluding hydrogens is 428 g/mol. The molecule has 0 aliphatic heterocycles. The van der Waals surface area contributed by atoms with E-state index >= 15 is 0 Å². The Kier molecular flexibility index (Phi) is 8.06. The molecule has 0 bridgehead atoms. The van der Waals surface area contributed by atoms with E-state index in [0.717, 1.165) is 37.7 Å². The number of non-ortho nitro benzene ring substituents is 1. The first kappa shape index (κ1) is 23.8. The lowest BCUT2D eigenvalue weighted by atomic mass is 9.91. The molecule has 0 saturated heterocycles. The first-order valence-corrected chi connectivity index (χ1v) is 10.7. The smallest absolute Gasteiger partial charge is 0.270 e. The van der Waals surface area contributed by atoms with Crippen LogP contribution in [0.4, 0.5) is 11.4 Å². The zero-order chi connectivity index (χ0) is 23.8. The molecule has 1 saturated carbocycles. The Balaban J connectivity index is 1.73. The number of nitrogens with one attached hydrogen (secondary N) is 3. The van der Waals surface area contributed by atoms with Gasteiger partial charge in [0, 0.05) is 36.4 Å². The normalized spacial score (nSPS) is 17.5. The van der Waals surface area contributed by atoms with Crippen molar-refractivity contribution in [2.75, 3.05) is 19.5 Å². The number of benzene rings is 2. The van der Waals surface area contributed by atoms with Gasteiger partial charge in [0.05, 0.1) is 24.7 Å². The number of nitro groups is 1. The molecule has 10 heteroatoms. The van der Waals surface area contributed by atoms with Crippen molar-refractivity contribution in [3.8, 4) is 11.5 Å². The van der Waals surface area contributed by atoms with Gasteiger partial charge in [-0.15, -0.1) is 0 Å². The summed E-state index contributed by atoms with van der Waals surface area (Å²) in [5.41, 5.74) is 1.38. The minimum atomic E-state index is -0.523. The van der Waals surface area contributed by atoms with Gasteiger partial charge in [0.25, 0.3) is 11.6 Å². The molecule has 0 unspecified atom stereocenters. The highest BCUT2D eigenvalue weighted by Crippen LogP contribution is 2.29. The number of carbonyl (C=O) groups excluding carboxylic acids is 2. The van der Waals surface area contributed by atoms with Gasteiger partial charge >= 0.3 is 0 Å². The Hall–Kier alpha value is -3.82. The van der Waals surface area contributed by atoms with E-state index in [-0.39, 0.29) is 29.9 Å². The largest absolute Gasteiger partial charge is 0.493 e. The Morgan fingerprint density at radius 3 is 2.39 bits per heavy atom. The summed E-state index contributed by atoms with van der Waals surface area (Å²) in [6.07, 6.45) is 3.99. The van der Waals surface area contributed by atoms with E-state index in [1.807, 2.05) is 0 Å². The Morgan fingerprint density at radius 1 is 1.06 bits per heavy atom. The number of ether oxygens (including phenoxy) is 2. The fourth-order valence-electron chi connectivity index (χ4n) is 3.95. The summed E-state index contributed by atoms with van der Waals surface area (Å²) in [6, 6.07) is 9.81. The van der Waals surface area contributed by atoms with Crippen LogP contribution in [0, 0.1) is 10.1 Å². The van der Waals surface area contributed by atoms with Crippen molar-refractivity contribution >= 4 is 23.7 Å². The molecule has 1 fully saturated rings. The third kappa shape index (κ3) is 6.12. The average molecular weight is 456 g/mol. The number of amides is 2. The van der Waals surface area contributed by atoms with Crippen LogP contribution in [0.25, 0.3) is 0 Å². The molecule has 3 N–H and O–H groups in total. The maximum absolute atomic E-state index is 13.0. The highest BCUT2D eigenvalue weighted by atomic mass is 16.6. The zero-order valence-corrected chi connectivity index (χ0v) is 18.6. The first-order valence-electron chi connectivity index (χ1n) is 10.7. The standard InChI is InChI=1S/C23H28N4O6/c1-32-21-10-3-15(11-22(21)33-2)13-24-23(29)19-12-18(27(30)31)8-9-20(19)26-17-6-4-16(5-7-17)25-14-28/h3,8-12,14,16-17,26H,4-7,13H2,1-2H3,(H,24,29)(H,25,28)/t16-,17+. The summed E-state index contributed by atoms with van der Waals surface area (Å²) in [4.78, 5) is 34.4. The number of carbonyl (C=O) groups is 2. The first-order chi connectivity index (χ1) is 15.9. The number of rotatable bonds is 10. The summed E-state index contributed by atoms with van der Waals surface area (Å²) >= 11 is 0. The van der Waals surface area contributed by atoms with E-state index in [0.29, 0.717) is 17.2 Å². The summed E-state index contributed by atoms with van der Waals surface area (Å²) in [7, 11) is 3.07. The SMILES string of the molecule is COc1ccc(CNC(=O)c2cc([N+](=O)[O-])ccc2N[C@H]2CC[C@@H](NC=O)CC2)cc1OC. The summed E-state index contributed by atoms with van der Waals surface area (Å²) in [6.45, 7) is 0.212. The summed E-state index contributed by atoms with van der Waals surface area (Å²) in [5, 5.41) is 20.3. The topological polar surface area (TPSA) is 132 Å². The molecule has 10 nitrogen and oxygen atoms in total. The lowest BCUT2D eigenvalue weighted by Gasteiger charge is -2.29. The van der Waals surface area contributed by atoms with Crippen molar-refractivity contribution in [3.05, 3.63) is 57.6 Å². The van der Waals surface area contributed by atoms with Gasteiger partial charge in [-0.3, -0.25) is 19.7 Å². The van der Waals surface area contributed by atoms with Gasteiger partial charge in [0.1, 0.15) is 0 Å². The van der Waals surface area contributed by atoms with Crippen LogP contribution in [-0.2, 0) is 11.3 Å². The molecule has 0 aromatic heterocycles. The molecule has 0 heterocycles. The molecule has 3 rings (SSSR count). The molecule has 2 aromatic carbocycles. The van der Waals surface area contributed by atoms with E-state index in [2.05, 4.69) is 16.0 Å². The number of anilines is 1. The third-order valence-electron chi connectivity index (χ3n) is 5.75. The van der Waals surface area contributed by atoms with Crippen LogP contribution < -0.4 is 25.4 Å². The molecule has 176 valence electrons. The van der Waals surface area contributed by atoms with Crippen LogP contribution in [0.15, 0.2) is 36.4 Å². The monoisotopic (exact) mass is 456 g/mol. The van der Waals surface area contributed by atoms with E-state index in [4.69, 9.17) is 9.47 Å². The fourth-order valence-corrected chi connectivity index (χ4v) is 3.95. The lowest BCUT2D eigenvalue weighted by molar-refractivity contribution is -0.384. The van der Waals surface area contributed by atoms with Crippen molar-refractivity contribution < 1.29 is 24.0 Å². The van der Waals surface area contributed by atoms with Crippen molar-refractivity contribution in [1.82, 2.24) is 10.6 Å². The Labute approximate surface area is 191 Å². The van der Waals surface area contributed by atoms with Gasteiger partial charge in [-0.05, 0) is 49.4 Å². The number of methoxy groups -OCH3 is 2. The molecule has 0 radical (unpaired) electrons. The van der Waals surface area contributed by atoms with Gasteiger partial charge in [-0.25, -0.2) is 0 Å². The number of nitrogens with zero attached hydrogens (tertiary/aromatic N) is 1. The molecular formula is C23H28N4O6. The van der Waals surface area contributed by atoms with Gasteiger partial charge in [0.2, 0.25) is 6.41 Å². The number of nitro benzene ring substituents is 1. The molecule has 2 amide bonds. The van der Waals surface area contributed by atoms with Crippen molar-refractivity contribution in [2.45, 2.75) is 44.3 Å². The lowest BCUT2D eigenvalue weighted by Crippen LogP contribution is -2.36. The van der Waals surface area contributed by atoms with Gasteiger partial charge in [0.15, 0.2) is 11.5 Å². The van der Waals surface area contributed by atoms with Crippen LogP contribution in [0.5, 0.6) is 11.5 Å². The van der Waals surface area contributed by atoms with Gasteiger partial charge in [-0.1, -0.05) is 6.07 Å². The Morgan fingerprint density at radius 2 is 1.76 bits per heavy atom. The minimum absolute atomic E-state index is 0.105. The second kappa shape index (κ2) is 11.2. The highest BCUT2D eigenvalue weighted by molar-refractivity contribution is 6.00. The highest BCUT2D eigenvalue weighted by Gasteiger charge is 2.23. The minimum Gasteiger partial charge on any atom is -0.493 e. The maximum atomic E-state index is 13.0. The van der Waals surface area contributed by atoms with Crippen LogP contribution >= 0.6 is 0 Å². The van der Waals surface area contributed by atoms with E-state index in [1.54, 1.807) is 31.4 Å². The molecule has 1 aliphatic carbocycles. The predicted molar refractivity (Wildman–Crippen MR) is 123 cm³/mol. The van der Waals surface area contributed by atoms with Crippen LogP contribution in [0.1, 0.15) is 41.6 Å². The predicted octanol–water partition coefficient (Wildman–Crippen LogP) is 3.01. The molecule has 0 spiro atoms. The second-order valence-corrected chi connectivity index (χ2v) is 7.84. The molecule has 1 aliphatic rings. The number of hydrogen-bond donors (Lipinski definition) is 3. The summed E-state index contributed by atoms with van der Waals surface area (Å²) < 4.78 is 10.5. The third-order valence-corrected chi connectivity index (χ3v) is 5.75. The van der Waals surface area contributed by atoms with Gasteiger partial charge in [-0.2, -0.15) is 0 Å². The van der Waals surface area contributed by atoms with E-state index < -0.39 is 10.8 Å². The fraction of sp³-hybridized carbons (Fsp3) is 0.391. The second-order valence-electron chi connectivity index (χ2n) is 7.84. The maximum Gasteiger partial charge on any atom is 0.270 e. The average Bonchev–Trinajstić information content (AvgIpc) is 2.83. The van der Waals surface area contributed by atoms with Crippen molar-refractivity contribution in [1.29, 1.82) is 0 Å². The van der Waals surface area contributed by atoms with Crippen molar-refractivity contribution in [3.63, 3.8) is 0 Å². The molecule has 2 aromatic rings. The van der Waals surface area contributed by atoms with Crippen LogP contribution in [0.3, 0.4) is 0 Å². The van der Waals surface area contributed by atoms with E-state index in [1.165, 1.54) is 19.2 Å². The van der Waals surface area contributed by atoms with Gasteiger partial charge < -0.3 is 25.4 Å². The van der Waals surface area contributed by atoms with Crippen LogP contribution in [-0.4, -0.2) is 43.5 Å². The quantitative estimate of drug-likeness (QED) is 0.284. The number of hydrogen-bond acceptors (Lipinski definition) is 7. The summed E-state index contributed by atoms with van der Waals surface area (Å²) in [5.74, 6) is 0.699. The van der Waals surface area contributed by atoms with Crippen LogP contribution in [0.2, 0.25) is 0 Å². The molecule has 0 atom stereocenters. The zero-order valence-electron chi connectivity index (χ0n) is 18.6.